The Labute approximate surface area is 143 Å². The van der Waals surface area contributed by atoms with E-state index in [4.69, 9.17) is 5.73 Å². The molecule has 0 aliphatic rings. The highest BCUT2D eigenvalue weighted by atomic mass is 127. The van der Waals surface area contributed by atoms with Crippen LogP contribution in [-0.2, 0) is 6.42 Å². The molecule has 3 N–H and O–H groups in total. The molecule has 0 saturated carbocycles. The lowest BCUT2D eigenvalue weighted by Gasteiger charge is -2.07. The largest absolute Gasteiger partial charge is 0.370 e. The van der Waals surface area contributed by atoms with Gasteiger partial charge in [0.2, 0.25) is 0 Å². The molecule has 6 heteroatoms. The standard InChI is InChI=1S/C14H26N4S.HI/c1-11(2)7-9-17-14(15)16-8-5-4-6-13-18-12(3)10-19-13;/h10-11H,4-9H2,1-3H3,(H3,15,16,17);1H. The first-order chi connectivity index (χ1) is 9.08. The maximum atomic E-state index is 5.79. The number of thiazole rings is 1. The van der Waals surface area contributed by atoms with Gasteiger partial charge in [0.1, 0.15) is 0 Å². The van der Waals surface area contributed by atoms with Crippen molar-refractivity contribution in [2.24, 2.45) is 16.6 Å². The molecule has 1 heterocycles. The number of aryl methyl sites for hydroxylation is 2. The Morgan fingerprint density at radius 2 is 2.20 bits per heavy atom. The number of hydrogen-bond acceptors (Lipinski definition) is 3. The van der Waals surface area contributed by atoms with Crippen molar-refractivity contribution in [1.29, 1.82) is 0 Å². The Morgan fingerprint density at radius 1 is 1.45 bits per heavy atom. The van der Waals surface area contributed by atoms with E-state index >= 15 is 0 Å². The van der Waals surface area contributed by atoms with E-state index in [9.17, 15) is 0 Å². The van der Waals surface area contributed by atoms with Gasteiger partial charge < -0.3 is 11.1 Å². The lowest BCUT2D eigenvalue weighted by molar-refractivity contribution is 0.576. The van der Waals surface area contributed by atoms with Crippen molar-refractivity contribution in [3.63, 3.8) is 0 Å². The summed E-state index contributed by atoms with van der Waals surface area (Å²) < 4.78 is 0. The van der Waals surface area contributed by atoms with Gasteiger partial charge in [-0.2, -0.15) is 0 Å². The highest BCUT2D eigenvalue weighted by Gasteiger charge is 1.98. The van der Waals surface area contributed by atoms with Crippen LogP contribution in [0.2, 0.25) is 0 Å². The third kappa shape index (κ3) is 9.52. The van der Waals surface area contributed by atoms with Gasteiger partial charge in [-0.3, -0.25) is 4.99 Å². The van der Waals surface area contributed by atoms with Gasteiger partial charge in [0, 0.05) is 24.2 Å². The van der Waals surface area contributed by atoms with E-state index in [0.717, 1.165) is 44.5 Å². The molecule has 0 aliphatic carbocycles. The third-order valence-corrected chi connectivity index (χ3v) is 3.80. The first-order valence-corrected chi connectivity index (χ1v) is 7.90. The van der Waals surface area contributed by atoms with Gasteiger partial charge in [0.15, 0.2) is 5.96 Å². The zero-order valence-electron chi connectivity index (χ0n) is 12.7. The summed E-state index contributed by atoms with van der Waals surface area (Å²) in [5.74, 6) is 1.27. The maximum absolute atomic E-state index is 5.79. The third-order valence-electron chi connectivity index (χ3n) is 2.78. The topological polar surface area (TPSA) is 63.3 Å². The summed E-state index contributed by atoms with van der Waals surface area (Å²) >= 11 is 1.74. The average molecular weight is 410 g/mol. The van der Waals surface area contributed by atoms with E-state index in [-0.39, 0.29) is 24.0 Å². The van der Waals surface area contributed by atoms with Crippen molar-refractivity contribution in [3.8, 4) is 0 Å². The summed E-state index contributed by atoms with van der Waals surface area (Å²) in [6.07, 6.45) is 4.36. The number of unbranched alkanes of at least 4 members (excludes halogenated alkanes) is 1. The van der Waals surface area contributed by atoms with Gasteiger partial charge in [-0.25, -0.2) is 4.98 Å². The number of hydrogen-bond donors (Lipinski definition) is 2. The Balaban J connectivity index is 0.00000361. The molecule has 20 heavy (non-hydrogen) atoms. The fourth-order valence-corrected chi connectivity index (χ4v) is 2.47. The number of nitrogens with two attached hydrogens (primary N) is 1. The molecule has 0 radical (unpaired) electrons. The minimum atomic E-state index is 0. The van der Waals surface area contributed by atoms with Crippen LogP contribution in [-0.4, -0.2) is 24.0 Å². The highest BCUT2D eigenvalue weighted by molar-refractivity contribution is 14.0. The summed E-state index contributed by atoms with van der Waals surface area (Å²) in [5.41, 5.74) is 6.91. The molecule has 1 aromatic heterocycles. The molecule has 0 unspecified atom stereocenters. The van der Waals surface area contributed by atoms with Gasteiger partial charge in [0.05, 0.1) is 5.01 Å². The number of guanidine groups is 1. The van der Waals surface area contributed by atoms with Crippen molar-refractivity contribution in [3.05, 3.63) is 16.1 Å². The van der Waals surface area contributed by atoms with Crippen LogP contribution < -0.4 is 11.1 Å². The SMILES string of the molecule is Cc1csc(CCCCN=C(N)NCCC(C)C)n1.I. The van der Waals surface area contributed by atoms with Crippen molar-refractivity contribution in [1.82, 2.24) is 10.3 Å². The molecular formula is C14H27IN4S. The van der Waals surface area contributed by atoms with E-state index in [1.807, 2.05) is 6.92 Å². The zero-order valence-corrected chi connectivity index (χ0v) is 15.8. The van der Waals surface area contributed by atoms with Gasteiger partial charge in [0.25, 0.3) is 0 Å². The van der Waals surface area contributed by atoms with Crippen LogP contribution in [0.15, 0.2) is 10.4 Å². The molecule has 0 aromatic carbocycles. The Kier molecular flexibility index (Phi) is 11.1. The minimum Gasteiger partial charge on any atom is -0.370 e. The second-order valence-electron chi connectivity index (χ2n) is 5.22. The number of aromatic nitrogens is 1. The molecule has 0 fully saturated rings. The molecule has 0 aliphatic heterocycles. The fourth-order valence-electron chi connectivity index (χ4n) is 1.65. The van der Waals surface area contributed by atoms with Crippen LogP contribution >= 0.6 is 35.3 Å². The molecule has 1 rings (SSSR count). The number of nitrogens with zero attached hydrogens (tertiary/aromatic N) is 2. The highest BCUT2D eigenvalue weighted by Crippen LogP contribution is 2.11. The van der Waals surface area contributed by atoms with Crippen molar-refractivity contribution in [2.45, 2.75) is 46.5 Å². The van der Waals surface area contributed by atoms with Gasteiger partial charge in [-0.15, -0.1) is 35.3 Å². The first-order valence-electron chi connectivity index (χ1n) is 7.02. The van der Waals surface area contributed by atoms with Crippen LogP contribution in [0.5, 0.6) is 0 Å². The van der Waals surface area contributed by atoms with Gasteiger partial charge in [-0.05, 0) is 38.5 Å². The molecule has 0 spiro atoms. The van der Waals surface area contributed by atoms with Crippen molar-refractivity contribution >= 4 is 41.3 Å². The molecular weight excluding hydrogens is 383 g/mol. The summed E-state index contributed by atoms with van der Waals surface area (Å²) in [6, 6.07) is 0. The second kappa shape index (κ2) is 11.3. The van der Waals surface area contributed by atoms with E-state index in [1.54, 1.807) is 11.3 Å². The number of rotatable bonds is 8. The molecule has 0 amide bonds. The quantitative estimate of drug-likeness (QED) is 0.299. The lowest BCUT2D eigenvalue weighted by Crippen LogP contribution is -2.33. The smallest absolute Gasteiger partial charge is 0.188 e. The fraction of sp³-hybridized carbons (Fsp3) is 0.714. The summed E-state index contributed by atoms with van der Waals surface area (Å²) in [6.45, 7) is 8.15. The van der Waals surface area contributed by atoms with Crippen LogP contribution in [0.3, 0.4) is 0 Å². The van der Waals surface area contributed by atoms with Crippen LogP contribution in [0.1, 0.15) is 43.8 Å². The first kappa shape index (κ1) is 19.6. The van der Waals surface area contributed by atoms with E-state index < -0.39 is 0 Å². The Morgan fingerprint density at radius 3 is 2.80 bits per heavy atom. The molecule has 4 nitrogen and oxygen atoms in total. The van der Waals surface area contributed by atoms with Crippen LogP contribution in [0.4, 0.5) is 0 Å². The zero-order chi connectivity index (χ0) is 14.1. The van der Waals surface area contributed by atoms with E-state index in [0.29, 0.717) is 11.9 Å². The monoisotopic (exact) mass is 410 g/mol. The molecule has 1 aromatic rings. The number of aliphatic imine (C=N–C) groups is 1. The van der Waals surface area contributed by atoms with Crippen molar-refractivity contribution < 1.29 is 0 Å². The minimum absolute atomic E-state index is 0. The van der Waals surface area contributed by atoms with Crippen LogP contribution in [0.25, 0.3) is 0 Å². The molecule has 0 bridgehead atoms. The predicted molar refractivity (Wildman–Crippen MR) is 99.2 cm³/mol. The maximum Gasteiger partial charge on any atom is 0.188 e. The Bertz CT molecular complexity index is 390. The summed E-state index contributed by atoms with van der Waals surface area (Å²) in [7, 11) is 0. The van der Waals surface area contributed by atoms with E-state index in [2.05, 4.69) is 34.5 Å². The van der Waals surface area contributed by atoms with E-state index in [1.165, 1.54) is 5.01 Å². The van der Waals surface area contributed by atoms with Gasteiger partial charge in [-0.1, -0.05) is 13.8 Å². The van der Waals surface area contributed by atoms with Crippen LogP contribution in [0, 0.1) is 12.8 Å². The summed E-state index contributed by atoms with van der Waals surface area (Å²) in [5, 5.41) is 6.47. The molecule has 0 saturated heterocycles. The average Bonchev–Trinajstić information content (AvgIpc) is 2.74. The predicted octanol–water partition coefficient (Wildman–Crippen LogP) is 3.34. The molecule has 116 valence electrons. The Hall–Kier alpha value is -0.370. The van der Waals surface area contributed by atoms with Gasteiger partial charge >= 0.3 is 0 Å². The lowest BCUT2D eigenvalue weighted by atomic mass is 10.1. The summed E-state index contributed by atoms with van der Waals surface area (Å²) in [4.78, 5) is 8.77. The number of nitrogens with one attached hydrogen (secondary N) is 1. The molecule has 0 atom stereocenters. The number of halogens is 1. The normalized spacial score (nSPS) is 11.5. The van der Waals surface area contributed by atoms with Crippen molar-refractivity contribution in [2.75, 3.05) is 13.1 Å². The second-order valence-corrected chi connectivity index (χ2v) is 6.16.